The largest absolute Gasteiger partial charge is 0.497 e. The van der Waals surface area contributed by atoms with Gasteiger partial charge in [-0.25, -0.2) is 4.98 Å². The molecule has 1 atom stereocenters. The Kier molecular flexibility index (Phi) is 6.18. The lowest BCUT2D eigenvalue weighted by Gasteiger charge is -2.20. The number of ether oxygens (including phenoxy) is 2. The highest BCUT2D eigenvalue weighted by Gasteiger charge is 2.24. The van der Waals surface area contributed by atoms with Crippen LogP contribution in [0.25, 0.3) is 11.3 Å². The van der Waals surface area contributed by atoms with Gasteiger partial charge in [0.1, 0.15) is 29.1 Å². The summed E-state index contributed by atoms with van der Waals surface area (Å²) in [6, 6.07) is 15.5. The summed E-state index contributed by atoms with van der Waals surface area (Å²) in [7, 11) is 5.01. The second-order valence-electron chi connectivity index (χ2n) is 7.09. The molecule has 0 saturated carbocycles. The Balaban J connectivity index is 1.68. The van der Waals surface area contributed by atoms with Crippen molar-refractivity contribution in [2.24, 2.45) is 7.05 Å². The van der Waals surface area contributed by atoms with E-state index in [1.165, 1.54) is 0 Å². The number of imidazole rings is 1. The number of nitrogens with one attached hydrogen (secondary N) is 1. The van der Waals surface area contributed by atoms with Crippen LogP contribution in [0.1, 0.15) is 28.0 Å². The topological polar surface area (TPSA) is 78.5 Å². The van der Waals surface area contributed by atoms with E-state index in [4.69, 9.17) is 25.5 Å². The van der Waals surface area contributed by atoms with Gasteiger partial charge in [0.2, 0.25) is 0 Å². The number of rotatable bonds is 7. The Labute approximate surface area is 190 Å². The van der Waals surface area contributed by atoms with Crippen molar-refractivity contribution in [2.75, 3.05) is 14.2 Å². The van der Waals surface area contributed by atoms with Crippen molar-refractivity contribution in [1.29, 1.82) is 0 Å². The Bertz CT molecular complexity index is 1230. The van der Waals surface area contributed by atoms with E-state index in [0.29, 0.717) is 33.7 Å². The van der Waals surface area contributed by atoms with Gasteiger partial charge in [-0.2, -0.15) is 0 Å². The maximum Gasteiger partial charge on any atom is 0.287 e. The van der Waals surface area contributed by atoms with Crippen molar-refractivity contribution in [2.45, 2.75) is 6.04 Å². The summed E-state index contributed by atoms with van der Waals surface area (Å²) in [6.07, 6.45) is 3.49. The lowest BCUT2D eigenvalue weighted by Crippen LogP contribution is -2.31. The molecule has 0 aliphatic carbocycles. The molecule has 2 heterocycles. The van der Waals surface area contributed by atoms with E-state index >= 15 is 0 Å². The zero-order valence-corrected chi connectivity index (χ0v) is 18.6. The van der Waals surface area contributed by atoms with Crippen LogP contribution in [0, 0.1) is 0 Å². The molecule has 0 radical (unpaired) electrons. The van der Waals surface area contributed by atoms with Gasteiger partial charge >= 0.3 is 0 Å². The van der Waals surface area contributed by atoms with Gasteiger partial charge in [0.15, 0.2) is 5.76 Å². The molecule has 1 unspecified atom stereocenters. The number of carbonyl (C=O) groups is 1. The zero-order chi connectivity index (χ0) is 22.7. The number of furan rings is 1. The van der Waals surface area contributed by atoms with Crippen LogP contribution in [-0.2, 0) is 7.05 Å². The number of aryl methyl sites for hydroxylation is 1. The average molecular weight is 452 g/mol. The molecule has 0 saturated heterocycles. The molecular weight excluding hydrogens is 430 g/mol. The monoisotopic (exact) mass is 451 g/mol. The number of carbonyl (C=O) groups excluding carboxylic acids is 1. The normalized spacial score (nSPS) is 11.8. The van der Waals surface area contributed by atoms with Gasteiger partial charge in [0.25, 0.3) is 5.91 Å². The molecule has 0 bridgehead atoms. The van der Waals surface area contributed by atoms with E-state index in [2.05, 4.69) is 10.3 Å². The maximum atomic E-state index is 13.1. The summed E-state index contributed by atoms with van der Waals surface area (Å²) < 4.78 is 18.4. The predicted molar refractivity (Wildman–Crippen MR) is 121 cm³/mol. The van der Waals surface area contributed by atoms with E-state index < -0.39 is 11.9 Å². The third-order valence-corrected chi connectivity index (χ3v) is 5.40. The molecule has 164 valence electrons. The molecule has 0 aliphatic heterocycles. The van der Waals surface area contributed by atoms with Crippen LogP contribution in [0.3, 0.4) is 0 Å². The van der Waals surface area contributed by atoms with Crippen molar-refractivity contribution < 1.29 is 18.7 Å². The Morgan fingerprint density at radius 1 is 1.09 bits per heavy atom. The van der Waals surface area contributed by atoms with Crippen molar-refractivity contribution >= 4 is 17.5 Å². The highest BCUT2D eigenvalue weighted by molar-refractivity contribution is 6.33. The number of nitrogens with zero attached hydrogens (tertiary/aromatic N) is 2. The summed E-state index contributed by atoms with van der Waals surface area (Å²) in [5.74, 6) is 2.13. The van der Waals surface area contributed by atoms with Crippen LogP contribution < -0.4 is 14.8 Å². The van der Waals surface area contributed by atoms with Crippen molar-refractivity contribution in [3.8, 4) is 22.8 Å². The molecule has 2 aromatic carbocycles. The Morgan fingerprint density at radius 2 is 1.81 bits per heavy atom. The Hall–Kier alpha value is -3.71. The highest BCUT2D eigenvalue weighted by Crippen LogP contribution is 2.31. The number of methoxy groups -OCH3 is 2. The fourth-order valence-corrected chi connectivity index (χ4v) is 3.65. The minimum absolute atomic E-state index is 0.161. The first-order valence-corrected chi connectivity index (χ1v) is 10.2. The minimum atomic E-state index is -0.569. The number of amides is 1. The summed E-state index contributed by atoms with van der Waals surface area (Å²) in [4.78, 5) is 17.6. The molecule has 7 nitrogen and oxygen atoms in total. The molecule has 2 aromatic heterocycles. The number of hydrogen-bond donors (Lipinski definition) is 1. The fourth-order valence-electron chi connectivity index (χ4n) is 3.42. The molecule has 32 heavy (non-hydrogen) atoms. The summed E-state index contributed by atoms with van der Waals surface area (Å²) in [5, 5.41) is 3.56. The third kappa shape index (κ3) is 4.33. The first-order chi connectivity index (χ1) is 15.5. The highest BCUT2D eigenvalue weighted by atomic mass is 35.5. The zero-order valence-electron chi connectivity index (χ0n) is 17.8. The van der Waals surface area contributed by atoms with Crippen molar-refractivity contribution in [1.82, 2.24) is 14.9 Å². The van der Waals surface area contributed by atoms with E-state index in [9.17, 15) is 4.79 Å². The third-order valence-electron chi connectivity index (χ3n) is 5.07. The second kappa shape index (κ2) is 9.20. The molecule has 1 N–H and O–H groups in total. The number of halogens is 1. The van der Waals surface area contributed by atoms with Crippen molar-refractivity contribution in [3.63, 3.8) is 0 Å². The Morgan fingerprint density at radius 3 is 2.44 bits per heavy atom. The molecule has 4 aromatic rings. The van der Waals surface area contributed by atoms with Crippen LogP contribution in [0.2, 0.25) is 5.02 Å². The lowest BCUT2D eigenvalue weighted by molar-refractivity contribution is 0.0914. The number of benzene rings is 2. The van der Waals surface area contributed by atoms with Crippen LogP contribution in [-0.4, -0.2) is 29.7 Å². The first kappa shape index (κ1) is 21.5. The summed E-state index contributed by atoms with van der Waals surface area (Å²) >= 11 is 6.26. The lowest BCUT2D eigenvalue weighted by atomic mass is 10.0. The second-order valence-corrected chi connectivity index (χ2v) is 7.50. The van der Waals surface area contributed by atoms with Crippen LogP contribution >= 0.6 is 11.6 Å². The smallest absolute Gasteiger partial charge is 0.287 e. The first-order valence-electron chi connectivity index (χ1n) is 9.86. The van der Waals surface area contributed by atoms with Gasteiger partial charge in [-0.1, -0.05) is 23.7 Å². The van der Waals surface area contributed by atoms with Crippen molar-refractivity contribution in [3.05, 3.63) is 89.2 Å². The summed E-state index contributed by atoms with van der Waals surface area (Å²) in [5.41, 5.74) is 1.47. The predicted octanol–water partition coefficient (Wildman–Crippen LogP) is 4.87. The van der Waals surface area contributed by atoms with Gasteiger partial charge in [-0.05, 0) is 42.0 Å². The van der Waals surface area contributed by atoms with Crippen LogP contribution in [0.15, 0.2) is 71.4 Å². The van der Waals surface area contributed by atoms with Gasteiger partial charge in [-0.15, -0.1) is 0 Å². The van der Waals surface area contributed by atoms with E-state index in [1.807, 2.05) is 48.1 Å². The molecule has 0 aliphatic rings. The minimum Gasteiger partial charge on any atom is -0.497 e. The van der Waals surface area contributed by atoms with Gasteiger partial charge in [-0.3, -0.25) is 4.79 Å². The van der Waals surface area contributed by atoms with E-state index in [1.54, 1.807) is 44.7 Å². The molecule has 1 amide bonds. The standard InChI is InChI=1S/C24H22ClN3O4/c1-28-11-10-26-23(28)22(15-12-16(30-2)14-17(13-15)31-3)27-24(29)21-9-8-20(32-21)18-6-4-5-7-19(18)25/h4-14,22H,1-3H3,(H,27,29). The van der Waals surface area contributed by atoms with Crippen LogP contribution in [0.4, 0.5) is 0 Å². The SMILES string of the molecule is COc1cc(OC)cc(C(NC(=O)c2ccc(-c3ccccc3Cl)o2)c2nccn2C)c1. The van der Waals surface area contributed by atoms with Crippen LogP contribution in [0.5, 0.6) is 11.5 Å². The maximum absolute atomic E-state index is 13.1. The number of hydrogen-bond acceptors (Lipinski definition) is 5. The molecule has 4 rings (SSSR count). The van der Waals surface area contributed by atoms with Gasteiger partial charge < -0.3 is 23.8 Å². The van der Waals surface area contributed by atoms with Gasteiger partial charge in [0, 0.05) is 31.1 Å². The quantitative estimate of drug-likeness (QED) is 0.433. The van der Waals surface area contributed by atoms with Gasteiger partial charge in [0.05, 0.1) is 19.2 Å². The number of aromatic nitrogens is 2. The average Bonchev–Trinajstić information content (AvgIpc) is 3.46. The molecular formula is C24H22ClN3O4. The van der Waals surface area contributed by atoms with E-state index in [0.717, 1.165) is 5.56 Å². The van der Waals surface area contributed by atoms with E-state index in [-0.39, 0.29) is 5.76 Å². The molecule has 0 fully saturated rings. The fraction of sp³-hybridized carbons (Fsp3) is 0.167. The summed E-state index contributed by atoms with van der Waals surface area (Å²) in [6.45, 7) is 0. The molecule has 0 spiro atoms. The molecule has 8 heteroatoms.